The lowest BCUT2D eigenvalue weighted by atomic mass is 10.0. The van der Waals surface area contributed by atoms with Crippen LogP contribution in [0, 0.1) is 5.92 Å². The lowest BCUT2D eigenvalue weighted by Crippen LogP contribution is -2.47. The van der Waals surface area contributed by atoms with Gasteiger partial charge in [0.05, 0.1) is 19.4 Å². The molecular weight excluding hydrogens is 324 g/mol. The van der Waals surface area contributed by atoms with Crippen molar-refractivity contribution in [2.45, 2.75) is 19.5 Å². The molecule has 0 bridgehead atoms. The zero-order valence-corrected chi connectivity index (χ0v) is 14.2. The van der Waals surface area contributed by atoms with Crippen LogP contribution in [-0.2, 0) is 16.1 Å². The predicted octanol–water partition coefficient (Wildman–Crippen LogP) is -0.930. The Hall–Kier alpha value is -2.26. The van der Waals surface area contributed by atoms with Crippen LogP contribution >= 0.6 is 0 Å². The molecule has 2 aliphatic heterocycles. The molecule has 134 valence electrons. The fourth-order valence-corrected chi connectivity index (χ4v) is 3.75. The van der Waals surface area contributed by atoms with Gasteiger partial charge >= 0.3 is 0 Å². The molecule has 9 heteroatoms. The smallest absolute Gasteiger partial charge is 0.293 e. The quantitative estimate of drug-likeness (QED) is 0.714. The van der Waals surface area contributed by atoms with Crippen LogP contribution in [0.5, 0.6) is 0 Å². The summed E-state index contributed by atoms with van der Waals surface area (Å²) in [6, 6.07) is 1.98. The summed E-state index contributed by atoms with van der Waals surface area (Å²) in [7, 11) is 0. The van der Waals surface area contributed by atoms with Crippen molar-refractivity contribution in [3.63, 3.8) is 0 Å². The number of fused-ring (bicyclic) bond motifs is 1. The van der Waals surface area contributed by atoms with Gasteiger partial charge in [0.2, 0.25) is 5.91 Å². The number of morpholine rings is 1. The number of rotatable bonds is 3. The molecule has 2 atom stereocenters. The van der Waals surface area contributed by atoms with Gasteiger partial charge in [0.25, 0.3) is 5.56 Å². The maximum atomic E-state index is 12.7. The van der Waals surface area contributed by atoms with Crippen LogP contribution in [0.2, 0.25) is 0 Å². The second-order valence-corrected chi connectivity index (χ2v) is 6.75. The molecule has 4 heterocycles. The molecule has 2 aromatic rings. The largest absolute Gasteiger partial charge is 0.379 e. The number of ether oxygens (including phenoxy) is 1. The van der Waals surface area contributed by atoms with Crippen molar-refractivity contribution in [3.8, 4) is 0 Å². The molecule has 0 saturated carbocycles. The van der Waals surface area contributed by atoms with Crippen LogP contribution in [0.25, 0.3) is 5.52 Å². The van der Waals surface area contributed by atoms with Gasteiger partial charge in [0.1, 0.15) is 18.4 Å². The number of nitrogens with zero attached hydrogens (tertiary/aromatic N) is 6. The Labute approximate surface area is 144 Å². The Kier molecular flexibility index (Phi) is 4.26. The Morgan fingerprint density at radius 3 is 2.88 bits per heavy atom. The standard InChI is InChI=1S/C16H22N6O3/c1-12-8-20(9-14(12)19-4-6-25-7-5-19)15(23)10-21-16(24)13-2-3-17-22(13)11-18-21/h2-3,11-12,14H,4-10H2,1H3/t12-,14-/m0/s1. The molecule has 9 nitrogen and oxygen atoms in total. The fourth-order valence-electron chi connectivity index (χ4n) is 3.75. The molecule has 4 rings (SSSR count). The molecule has 0 N–H and O–H groups in total. The van der Waals surface area contributed by atoms with Crippen LogP contribution < -0.4 is 5.56 Å². The van der Waals surface area contributed by atoms with Gasteiger partial charge < -0.3 is 9.64 Å². The van der Waals surface area contributed by atoms with Crippen molar-refractivity contribution in [1.82, 2.24) is 29.2 Å². The molecule has 2 aromatic heterocycles. The fraction of sp³-hybridized carbons (Fsp3) is 0.625. The lowest BCUT2D eigenvalue weighted by Gasteiger charge is -2.33. The third-order valence-corrected chi connectivity index (χ3v) is 5.15. The summed E-state index contributed by atoms with van der Waals surface area (Å²) in [6.45, 7) is 6.88. The van der Waals surface area contributed by atoms with Gasteiger partial charge in [-0.25, -0.2) is 9.20 Å². The van der Waals surface area contributed by atoms with Crippen molar-refractivity contribution in [1.29, 1.82) is 0 Å². The van der Waals surface area contributed by atoms with Crippen LogP contribution in [-0.4, -0.2) is 80.5 Å². The van der Waals surface area contributed by atoms with E-state index in [4.69, 9.17) is 4.74 Å². The first kappa shape index (κ1) is 16.2. The second-order valence-electron chi connectivity index (χ2n) is 6.75. The van der Waals surface area contributed by atoms with E-state index in [9.17, 15) is 9.59 Å². The number of hydrogen-bond donors (Lipinski definition) is 0. The van der Waals surface area contributed by atoms with Crippen molar-refractivity contribution < 1.29 is 9.53 Å². The third-order valence-electron chi connectivity index (χ3n) is 5.15. The Morgan fingerprint density at radius 2 is 2.08 bits per heavy atom. The van der Waals surface area contributed by atoms with E-state index < -0.39 is 0 Å². The van der Waals surface area contributed by atoms with E-state index in [0.29, 0.717) is 30.6 Å². The molecular formula is C16H22N6O3. The van der Waals surface area contributed by atoms with E-state index in [2.05, 4.69) is 22.0 Å². The molecule has 25 heavy (non-hydrogen) atoms. The summed E-state index contributed by atoms with van der Waals surface area (Å²) in [5.74, 6) is 0.338. The molecule has 1 amide bonds. The SMILES string of the molecule is C[C@H]1CN(C(=O)Cn2ncn3nccc3c2=O)C[C@@H]1N1CCOCC1. The Bertz CT molecular complexity index is 825. The number of carbonyl (C=O) groups excluding carboxylic acids is 1. The van der Waals surface area contributed by atoms with E-state index in [1.807, 2.05) is 4.90 Å². The maximum absolute atomic E-state index is 12.7. The number of hydrogen-bond acceptors (Lipinski definition) is 6. The average molecular weight is 346 g/mol. The van der Waals surface area contributed by atoms with Gasteiger partial charge in [-0.05, 0) is 12.0 Å². The van der Waals surface area contributed by atoms with Crippen LogP contribution in [0.1, 0.15) is 6.92 Å². The number of carbonyl (C=O) groups is 1. The van der Waals surface area contributed by atoms with Gasteiger partial charge in [-0.2, -0.15) is 10.2 Å². The summed E-state index contributed by atoms with van der Waals surface area (Å²) in [6.07, 6.45) is 2.99. The first-order valence-corrected chi connectivity index (χ1v) is 8.62. The van der Waals surface area contributed by atoms with Crippen molar-refractivity contribution >= 4 is 11.4 Å². The molecule has 2 saturated heterocycles. The third kappa shape index (κ3) is 3.05. The molecule has 2 aliphatic rings. The van der Waals surface area contributed by atoms with Crippen molar-refractivity contribution in [2.75, 3.05) is 39.4 Å². The summed E-state index contributed by atoms with van der Waals surface area (Å²) in [5.41, 5.74) is 0.120. The van der Waals surface area contributed by atoms with Gasteiger partial charge in [-0.1, -0.05) is 6.92 Å². The Morgan fingerprint density at radius 1 is 1.28 bits per heavy atom. The summed E-state index contributed by atoms with van der Waals surface area (Å²) in [5, 5.41) is 8.03. The maximum Gasteiger partial charge on any atom is 0.293 e. The summed E-state index contributed by atoms with van der Waals surface area (Å²) in [4.78, 5) is 29.3. The number of likely N-dealkylation sites (tertiary alicyclic amines) is 1. The second kappa shape index (κ2) is 6.57. The highest BCUT2D eigenvalue weighted by molar-refractivity contribution is 5.76. The number of aromatic nitrogens is 4. The number of amides is 1. The van der Waals surface area contributed by atoms with Gasteiger partial charge in [-0.3, -0.25) is 14.5 Å². The predicted molar refractivity (Wildman–Crippen MR) is 89.2 cm³/mol. The van der Waals surface area contributed by atoms with E-state index in [1.54, 1.807) is 12.3 Å². The van der Waals surface area contributed by atoms with Crippen molar-refractivity contribution in [3.05, 3.63) is 28.9 Å². The van der Waals surface area contributed by atoms with Crippen LogP contribution in [0.15, 0.2) is 23.4 Å². The van der Waals surface area contributed by atoms with Gasteiger partial charge in [0, 0.05) is 32.2 Å². The van der Waals surface area contributed by atoms with Gasteiger partial charge in [-0.15, -0.1) is 0 Å². The summed E-state index contributed by atoms with van der Waals surface area (Å²) >= 11 is 0. The Balaban J connectivity index is 1.45. The molecule has 2 fully saturated rings. The van der Waals surface area contributed by atoms with E-state index in [0.717, 1.165) is 26.3 Å². The van der Waals surface area contributed by atoms with E-state index in [-0.39, 0.29) is 18.0 Å². The molecule has 0 aliphatic carbocycles. The lowest BCUT2D eigenvalue weighted by molar-refractivity contribution is -0.131. The monoisotopic (exact) mass is 346 g/mol. The highest BCUT2D eigenvalue weighted by Crippen LogP contribution is 2.22. The van der Waals surface area contributed by atoms with E-state index >= 15 is 0 Å². The van der Waals surface area contributed by atoms with Crippen LogP contribution in [0.4, 0.5) is 0 Å². The van der Waals surface area contributed by atoms with Crippen LogP contribution in [0.3, 0.4) is 0 Å². The summed E-state index contributed by atoms with van der Waals surface area (Å²) < 4.78 is 8.04. The minimum Gasteiger partial charge on any atom is -0.379 e. The molecule has 0 radical (unpaired) electrons. The average Bonchev–Trinajstić information content (AvgIpc) is 3.25. The molecule has 0 aromatic carbocycles. The molecule has 0 spiro atoms. The first-order valence-electron chi connectivity index (χ1n) is 8.62. The van der Waals surface area contributed by atoms with E-state index in [1.165, 1.54) is 15.5 Å². The minimum absolute atomic E-state index is 0.0386. The normalized spacial score (nSPS) is 24.9. The highest BCUT2D eigenvalue weighted by Gasteiger charge is 2.36. The minimum atomic E-state index is -0.301. The first-order chi connectivity index (χ1) is 12.1. The van der Waals surface area contributed by atoms with Crippen molar-refractivity contribution in [2.24, 2.45) is 5.92 Å². The zero-order valence-electron chi connectivity index (χ0n) is 14.2. The topological polar surface area (TPSA) is 85.0 Å². The zero-order chi connectivity index (χ0) is 17.4. The highest BCUT2D eigenvalue weighted by atomic mass is 16.5. The van der Waals surface area contributed by atoms with Gasteiger partial charge in [0.15, 0.2) is 0 Å². The molecule has 0 unspecified atom stereocenters.